The highest BCUT2D eigenvalue weighted by molar-refractivity contribution is 6.30. The molecule has 3 amide bonds. The topological polar surface area (TPSA) is 73.0 Å². The van der Waals surface area contributed by atoms with Crippen LogP contribution >= 0.6 is 11.6 Å². The van der Waals surface area contributed by atoms with Crippen molar-refractivity contribution < 1.29 is 14.4 Å². The van der Waals surface area contributed by atoms with Gasteiger partial charge in [0, 0.05) is 37.3 Å². The van der Waals surface area contributed by atoms with Gasteiger partial charge in [-0.1, -0.05) is 61.9 Å². The minimum atomic E-state index is -0.683. The molecule has 3 rings (SSSR count). The number of benzene rings is 1. The van der Waals surface area contributed by atoms with Crippen LogP contribution < -0.4 is 10.2 Å². The minimum Gasteiger partial charge on any atom is -0.344 e. The molecule has 1 N–H and O–H groups in total. The largest absolute Gasteiger partial charge is 0.344 e. The first-order valence-electron chi connectivity index (χ1n) is 12.4. The number of piperidine rings is 1. The monoisotopic (exact) mass is 512 g/mol. The molecule has 2 saturated heterocycles. The Morgan fingerprint density at radius 1 is 1.19 bits per heavy atom. The standard InChI is InChI=1S/C28H37ClN4O3/c1-6-21(4)9-7-8-10-24(34)30-25(20(2)3)26(35)32-17-15-28(16-18-32)27(36)31(5)19-33(28)23-13-11-22(29)12-14-23/h6-9,11-14,20,25H,1,10,15-19H2,2-5H3,(H,30,34). The SMILES string of the molecule is C=CC(C)=CC=CCC(=O)NC(C(=O)N1CCC2(CC1)C(=O)N(C)CN2c1ccc(Cl)cc1)C(C)C. The summed E-state index contributed by atoms with van der Waals surface area (Å²) in [6, 6.07) is 6.91. The molecule has 1 aromatic carbocycles. The molecule has 194 valence electrons. The van der Waals surface area contributed by atoms with Crippen molar-refractivity contribution >= 4 is 35.0 Å². The van der Waals surface area contributed by atoms with Crippen molar-refractivity contribution in [2.75, 3.05) is 31.7 Å². The highest BCUT2D eigenvalue weighted by Crippen LogP contribution is 2.39. The number of hydrogen-bond donors (Lipinski definition) is 1. The minimum absolute atomic E-state index is 0.0611. The fraction of sp³-hybridized carbons (Fsp3) is 0.464. The van der Waals surface area contributed by atoms with Gasteiger partial charge in [0.15, 0.2) is 0 Å². The number of likely N-dealkylation sites (tertiary alicyclic amines) is 1. The van der Waals surface area contributed by atoms with Crippen molar-refractivity contribution in [3.8, 4) is 0 Å². The van der Waals surface area contributed by atoms with Gasteiger partial charge in [0.2, 0.25) is 17.7 Å². The molecule has 0 bridgehead atoms. The van der Waals surface area contributed by atoms with Gasteiger partial charge in [-0.3, -0.25) is 14.4 Å². The van der Waals surface area contributed by atoms with Gasteiger partial charge in [-0.25, -0.2) is 0 Å². The van der Waals surface area contributed by atoms with Gasteiger partial charge in [0.25, 0.3) is 0 Å². The van der Waals surface area contributed by atoms with Crippen molar-refractivity contribution in [2.24, 2.45) is 5.92 Å². The summed E-state index contributed by atoms with van der Waals surface area (Å²) >= 11 is 6.07. The maximum atomic E-state index is 13.4. The Kier molecular flexibility index (Phi) is 9.01. The first-order chi connectivity index (χ1) is 17.1. The van der Waals surface area contributed by atoms with Crippen LogP contribution in [0, 0.1) is 5.92 Å². The van der Waals surface area contributed by atoms with E-state index >= 15 is 0 Å². The summed E-state index contributed by atoms with van der Waals surface area (Å²) < 4.78 is 0. The molecule has 36 heavy (non-hydrogen) atoms. The van der Waals surface area contributed by atoms with Crippen LogP contribution in [0.15, 0.2) is 60.7 Å². The van der Waals surface area contributed by atoms with E-state index in [1.54, 1.807) is 22.0 Å². The Morgan fingerprint density at radius 3 is 2.42 bits per heavy atom. The van der Waals surface area contributed by atoms with Gasteiger partial charge in [-0.05, 0) is 49.9 Å². The average molecular weight is 513 g/mol. The van der Waals surface area contributed by atoms with Crippen LogP contribution in [0.1, 0.15) is 40.0 Å². The molecular formula is C28H37ClN4O3. The smallest absolute Gasteiger partial charge is 0.249 e. The van der Waals surface area contributed by atoms with Gasteiger partial charge in [-0.15, -0.1) is 0 Å². The summed E-state index contributed by atoms with van der Waals surface area (Å²) in [4.78, 5) is 44.9. The maximum absolute atomic E-state index is 13.4. The number of amides is 3. The lowest BCUT2D eigenvalue weighted by Crippen LogP contribution is -2.60. The van der Waals surface area contributed by atoms with Crippen LogP contribution in [0.4, 0.5) is 5.69 Å². The highest BCUT2D eigenvalue weighted by atomic mass is 35.5. The number of halogens is 1. The molecule has 0 aromatic heterocycles. The van der Waals surface area contributed by atoms with Crippen LogP contribution in [0.3, 0.4) is 0 Å². The second-order valence-electron chi connectivity index (χ2n) is 9.94. The summed E-state index contributed by atoms with van der Waals surface area (Å²) in [5.74, 6) is -0.283. The lowest BCUT2D eigenvalue weighted by atomic mass is 9.85. The van der Waals surface area contributed by atoms with Crippen LogP contribution in [0.2, 0.25) is 5.02 Å². The normalized spacial score (nSPS) is 18.9. The molecule has 1 unspecified atom stereocenters. The van der Waals surface area contributed by atoms with Crippen molar-refractivity contribution in [1.29, 1.82) is 0 Å². The van der Waals surface area contributed by atoms with Gasteiger partial charge < -0.3 is 20.0 Å². The highest BCUT2D eigenvalue weighted by Gasteiger charge is 2.53. The molecule has 0 saturated carbocycles. The third kappa shape index (κ3) is 6.01. The van der Waals surface area contributed by atoms with E-state index in [-0.39, 0.29) is 30.1 Å². The third-order valence-electron chi connectivity index (χ3n) is 7.03. The lowest BCUT2D eigenvalue weighted by Gasteiger charge is -2.44. The number of nitrogens with zero attached hydrogens (tertiary/aromatic N) is 3. The number of carbonyl (C=O) groups is 3. The Labute approximate surface area is 219 Å². The first kappa shape index (κ1) is 27.5. The fourth-order valence-electron chi connectivity index (χ4n) is 4.82. The van der Waals surface area contributed by atoms with E-state index in [0.29, 0.717) is 37.6 Å². The van der Waals surface area contributed by atoms with Gasteiger partial charge >= 0.3 is 0 Å². The molecule has 2 aliphatic rings. The summed E-state index contributed by atoms with van der Waals surface area (Å²) in [6.45, 7) is 10.9. The van der Waals surface area contributed by atoms with Gasteiger partial charge in [0.05, 0.1) is 6.67 Å². The lowest BCUT2D eigenvalue weighted by molar-refractivity contribution is -0.141. The molecule has 0 radical (unpaired) electrons. The van der Waals surface area contributed by atoms with Crippen LogP contribution in [0.5, 0.6) is 0 Å². The summed E-state index contributed by atoms with van der Waals surface area (Å²) in [5, 5.41) is 3.56. The number of likely N-dealkylation sites (N-methyl/N-ethyl adjacent to an activating group) is 1. The van der Waals surface area contributed by atoms with E-state index in [1.165, 1.54) is 0 Å². The molecule has 0 aliphatic carbocycles. The van der Waals surface area contributed by atoms with Crippen molar-refractivity contribution in [2.45, 2.75) is 51.6 Å². The molecule has 1 atom stereocenters. The Hall–Kier alpha value is -3.06. The molecule has 8 heteroatoms. The Morgan fingerprint density at radius 2 is 1.83 bits per heavy atom. The van der Waals surface area contributed by atoms with Crippen molar-refractivity contribution in [1.82, 2.24) is 15.1 Å². The Bertz CT molecular complexity index is 1040. The van der Waals surface area contributed by atoms with E-state index in [9.17, 15) is 14.4 Å². The number of carbonyl (C=O) groups excluding carboxylic acids is 3. The second-order valence-corrected chi connectivity index (χ2v) is 10.4. The molecule has 1 aromatic rings. The summed E-state index contributed by atoms with van der Waals surface area (Å²) in [5.41, 5.74) is 1.26. The Balaban J connectivity index is 1.67. The molecule has 7 nitrogen and oxygen atoms in total. The number of anilines is 1. The molecule has 1 spiro atoms. The van der Waals surface area contributed by atoms with Crippen LogP contribution in [0.25, 0.3) is 0 Å². The second kappa shape index (κ2) is 11.8. The quantitative estimate of drug-likeness (QED) is 0.531. The van der Waals surface area contributed by atoms with Crippen molar-refractivity contribution in [3.05, 3.63) is 65.7 Å². The zero-order valence-corrected chi connectivity index (χ0v) is 22.4. The first-order valence-corrected chi connectivity index (χ1v) is 12.8. The zero-order chi connectivity index (χ0) is 26.5. The third-order valence-corrected chi connectivity index (χ3v) is 7.28. The number of rotatable bonds is 8. The van der Waals surface area contributed by atoms with E-state index in [0.717, 1.165) is 11.3 Å². The molecule has 2 aliphatic heterocycles. The average Bonchev–Trinajstić information content (AvgIpc) is 3.10. The molecule has 2 fully saturated rings. The predicted molar refractivity (Wildman–Crippen MR) is 145 cm³/mol. The maximum Gasteiger partial charge on any atom is 0.249 e. The van der Waals surface area contributed by atoms with E-state index in [2.05, 4.69) is 16.8 Å². The fourth-order valence-corrected chi connectivity index (χ4v) is 4.94. The predicted octanol–water partition coefficient (Wildman–Crippen LogP) is 4.16. The van der Waals surface area contributed by atoms with Gasteiger partial charge in [0.1, 0.15) is 11.6 Å². The molecule has 2 heterocycles. The zero-order valence-electron chi connectivity index (χ0n) is 21.7. The van der Waals surface area contributed by atoms with E-state index in [1.807, 2.05) is 64.2 Å². The van der Waals surface area contributed by atoms with Gasteiger partial charge in [-0.2, -0.15) is 0 Å². The number of hydrogen-bond acceptors (Lipinski definition) is 4. The van der Waals surface area contributed by atoms with Crippen molar-refractivity contribution in [3.63, 3.8) is 0 Å². The van der Waals surface area contributed by atoms with E-state index < -0.39 is 11.6 Å². The number of nitrogens with one attached hydrogen (secondary N) is 1. The summed E-state index contributed by atoms with van der Waals surface area (Å²) in [6.07, 6.45) is 8.45. The van der Waals surface area contributed by atoms with Crippen LogP contribution in [-0.4, -0.2) is 65.9 Å². The summed E-state index contributed by atoms with van der Waals surface area (Å²) in [7, 11) is 1.81. The van der Waals surface area contributed by atoms with Crippen LogP contribution in [-0.2, 0) is 14.4 Å². The van der Waals surface area contributed by atoms with E-state index in [4.69, 9.17) is 11.6 Å². The number of allylic oxidation sites excluding steroid dienone is 4. The molecular weight excluding hydrogens is 476 g/mol.